The van der Waals surface area contributed by atoms with Crippen molar-refractivity contribution in [3.63, 3.8) is 0 Å². The molecule has 0 saturated heterocycles. The van der Waals surface area contributed by atoms with E-state index in [1.54, 1.807) is 0 Å². The Morgan fingerprint density at radius 3 is 3.15 bits per heavy atom. The highest BCUT2D eigenvalue weighted by molar-refractivity contribution is 5.44. The van der Waals surface area contributed by atoms with Crippen LogP contribution in [0.2, 0.25) is 0 Å². The Morgan fingerprint density at radius 1 is 1.54 bits per heavy atom. The highest BCUT2D eigenvalue weighted by Gasteiger charge is 2.17. The van der Waals surface area contributed by atoms with Gasteiger partial charge in [-0.05, 0) is 30.0 Å². The molecule has 2 heteroatoms. The first-order valence-electron chi connectivity index (χ1n) is 4.48. The van der Waals surface area contributed by atoms with E-state index in [4.69, 9.17) is 10.00 Å². The van der Waals surface area contributed by atoms with Gasteiger partial charge < -0.3 is 4.74 Å². The first-order valence-corrected chi connectivity index (χ1v) is 4.48. The second-order valence-electron chi connectivity index (χ2n) is 3.40. The standard InChI is InChI=1S/C11H11NO/c1-8-4-5-13-11-6-9(7-12)2-3-10(8)11/h2-3,6,8H,4-5H2,1H3/t8-/m0/s1. The fourth-order valence-corrected chi connectivity index (χ4v) is 1.64. The average molecular weight is 173 g/mol. The molecule has 2 rings (SSSR count). The van der Waals surface area contributed by atoms with Crippen molar-refractivity contribution in [2.75, 3.05) is 6.61 Å². The van der Waals surface area contributed by atoms with E-state index < -0.39 is 0 Å². The normalized spacial score (nSPS) is 19.8. The third kappa shape index (κ3) is 1.38. The molecule has 0 saturated carbocycles. The molecule has 0 bridgehead atoms. The molecule has 2 nitrogen and oxygen atoms in total. The Kier molecular flexibility index (Phi) is 1.94. The molecule has 1 atom stereocenters. The lowest BCUT2D eigenvalue weighted by Crippen LogP contribution is -2.11. The molecule has 0 aliphatic carbocycles. The maximum Gasteiger partial charge on any atom is 0.124 e. The van der Waals surface area contributed by atoms with Crippen LogP contribution in [-0.2, 0) is 0 Å². The number of fused-ring (bicyclic) bond motifs is 1. The summed E-state index contributed by atoms with van der Waals surface area (Å²) in [5.74, 6) is 1.44. The Bertz CT molecular complexity index is 365. The molecule has 1 aliphatic rings. The molecule has 0 fully saturated rings. The maximum atomic E-state index is 8.70. The number of ether oxygens (including phenoxy) is 1. The highest BCUT2D eigenvalue weighted by atomic mass is 16.5. The molecule has 0 radical (unpaired) electrons. The van der Waals surface area contributed by atoms with E-state index in [2.05, 4.69) is 13.0 Å². The number of rotatable bonds is 0. The quantitative estimate of drug-likeness (QED) is 0.603. The van der Waals surface area contributed by atoms with Crippen LogP contribution in [-0.4, -0.2) is 6.61 Å². The van der Waals surface area contributed by atoms with Crippen LogP contribution < -0.4 is 4.74 Å². The smallest absolute Gasteiger partial charge is 0.124 e. The van der Waals surface area contributed by atoms with E-state index in [-0.39, 0.29) is 0 Å². The van der Waals surface area contributed by atoms with Crippen molar-refractivity contribution in [2.45, 2.75) is 19.3 Å². The molecule has 1 aliphatic heterocycles. The summed E-state index contributed by atoms with van der Waals surface area (Å²) in [7, 11) is 0. The summed E-state index contributed by atoms with van der Waals surface area (Å²) in [5.41, 5.74) is 1.90. The number of hydrogen-bond donors (Lipinski definition) is 0. The fourth-order valence-electron chi connectivity index (χ4n) is 1.64. The van der Waals surface area contributed by atoms with Crippen molar-refractivity contribution >= 4 is 0 Å². The minimum atomic E-state index is 0.552. The SMILES string of the molecule is C[C@H]1CCOc2cc(C#N)ccc21. The van der Waals surface area contributed by atoms with Gasteiger partial charge in [-0.25, -0.2) is 0 Å². The van der Waals surface area contributed by atoms with Crippen LogP contribution in [0, 0.1) is 11.3 Å². The molecule has 1 aromatic rings. The van der Waals surface area contributed by atoms with Gasteiger partial charge in [0, 0.05) is 0 Å². The van der Waals surface area contributed by atoms with E-state index in [0.717, 1.165) is 18.8 Å². The van der Waals surface area contributed by atoms with Gasteiger partial charge in [-0.15, -0.1) is 0 Å². The number of hydrogen-bond acceptors (Lipinski definition) is 2. The van der Waals surface area contributed by atoms with Crippen LogP contribution in [0.1, 0.15) is 30.4 Å². The average Bonchev–Trinajstić information content (AvgIpc) is 2.18. The van der Waals surface area contributed by atoms with Crippen molar-refractivity contribution in [1.29, 1.82) is 5.26 Å². The monoisotopic (exact) mass is 173 g/mol. The summed E-state index contributed by atoms with van der Waals surface area (Å²) in [4.78, 5) is 0. The Balaban J connectivity index is 2.47. The van der Waals surface area contributed by atoms with Gasteiger partial charge in [0.15, 0.2) is 0 Å². The molecule has 66 valence electrons. The first-order chi connectivity index (χ1) is 6.31. The van der Waals surface area contributed by atoms with Crippen LogP contribution in [0.5, 0.6) is 5.75 Å². The van der Waals surface area contributed by atoms with Gasteiger partial charge in [-0.2, -0.15) is 5.26 Å². The second-order valence-corrected chi connectivity index (χ2v) is 3.40. The van der Waals surface area contributed by atoms with Crippen LogP contribution in [0.3, 0.4) is 0 Å². The molecular weight excluding hydrogens is 162 g/mol. The van der Waals surface area contributed by atoms with Crippen molar-refractivity contribution in [3.05, 3.63) is 29.3 Å². The predicted molar refractivity (Wildman–Crippen MR) is 49.7 cm³/mol. The molecule has 1 heterocycles. The van der Waals surface area contributed by atoms with Gasteiger partial charge >= 0.3 is 0 Å². The lowest BCUT2D eigenvalue weighted by Gasteiger charge is -2.22. The zero-order valence-electron chi connectivity index (χ0n) is 7.58. The summed E-state index contributed by atoms with van der Waals surface area (Å²) in [6.07, 6.45) is 1.07. The van der Waals surface area contributed by atoms with Gasteiger partial charge in [0.1, 0.15) is 5.75 Å². The fraction of sp³-hybridized carbons (Fsp3) is 0.364. The highest BCUT2D eigenvalue weighted by Crippen LogP contribution is 2.33. The summed E-state index contributed by atoms with van der Waals surface area (Å²) < 4.78 is 5.49. The van der Waals surface area contributed by atoms with Gasteiger partial charge in [0.2, 0.25) is 0 Å². The number of benzene rings is 1. The summed E-state index contributed by atoms with van der Waals surface area (Å²) in [6.45, 7) is 2.95. The Morgan fingerprint density at radius 2 is 2.38 bits per heavy atom. The minimum Gasteiger partial charge on any atom is -0.493 e. The van der Waals surface area contributed by atoms with Gasteiger partial charge in [-0.3, -0.25) is 0 Å². The lowest BCUT2D eigenvalue weighted by atomic mass is 9.94. The van der Waals surface area contributed by atoms with Crippen LogP contribution in [0.4, 0.5) is 0 Å². The minimum absolute atomic E-state index is 0.552. The molecule has 0 unspecified atom stereocenters. The molecule has 0 N–H and O–H groups in total. The zero-order chi connectivity index (χ0) is 9.26. The molecule has 13 heavy (non-hydrogen) atoms. The van der Waals surface area contributed by atoms with E-state index in [1.165, 1.54) is 5.56 Å². The predicted octanol–water partition coefficient (Wildman–Crippen LogP) is 2.44. The van der Waals surface area contributed by atoms with Crippen molar-refractivity contribution < 1.29 is 4.74 Å². The summed E-state index contributed by atoms with van der Waals surface area (Å²) in [5, 5.41) is 8.70. The number of nitriles is 1. The maximum absolute atomic E-state index is 8.70. The zero-order valence-corrected chi connectivity index (χ0v) is 7.58. The van der Waals surface area contributed by atoms with E-state index in [1.807, 2.05) is 18.2 Å². The molecule has 0 aromatic heterocycles. The topological polar surface area (TPSA) is 33.0 Å². The van der Waals surface area contributed by atoms with Crippen molar-refractivity contribution in [3.8, 4) is 11.8 Å². The molecule has 0 amide bonds. The lowest BCUT2D eigenvalue weighted by molar-refractivity contribution is 0.272. The van der Waals surface area contributed by atoms with Gasteiger partial charge in [0.05, 0.1) is 18.2 Å². The Labute approximate surface area is 77.8 Å². The van der Waals surface area contributed by atoms with E-state index in [0.29, 0.717) is 11.5 Å². The molecular formula is C11H11NO. The second kappa shape index (κ2) is 3.10. The molecule has 1 aromatic carbocycles. The number of nitrogens with zero attached hydrogens (tertiary/aromatic N) is 1. The summed E-state index contributed by atoms with van der Waals surface area (Å²) >= 11 is 0. The van der Waals surface area contributed by atoms with E-state index >= 15 is 0 Å². The summed E-state index contributed by atoms with van der Waals surface area (Å²) in [6, 6.07) is 7.79. The first kappa shape index (κ1) is 8.12. The largest absolute Gasteiger partial charge is 0.493 e. The van der Waals surface area contributed by atoms with Crippen LogP contribution in [0.25, 0.3) is 0 Å². The third-order valence-electron chi connectivity index (χ3n) is 2.48. The van der Waals surface area contributed by atoms with Crippen molar-refractivity contribution in [1.82, 2.24) is 0 Å². The van der Waals surface area contributed by atoms with Gasteiger partial charge in [0.25, 0.3) is 0 Å². The van der Waals surface area contributed by atoms with Crippen LogP contribution in [0.15, 0.2) is 18.2 Å². The third-order valence-corrected chi connectivity index (χ3v) is 2.48. The van der Waals surface area contributed by atoms with Crippen LogP contribution >= 0.6 is 0 Å². The van der Waals surface area contributed by atoms with E-state index in [9.17, 15) is 0 Å². The molecule has 0 spiro atoms. The Hall–Kier alpha value is -1.49. The van der Waals surface area contributed by atoms with Crippen molar-refractivity contribution in [2.24, 2.45) is 0 Å². The van der Waals surface area contributed by atoms with Gasteiger partial charge in [-0.1, -0.05) is 13.0 Å².